The van der Waals surface area contributed by atoms with E-state index >= 15 is 0 Å². The molecule has 22 heavy (non-hydrogen) atoms. The van der Waals surface area contributed by atoms with Crippen LogP contribution in [0.1, 0.15) is 38.3 Å². The van der Waals surface area contributed by atoms with Gasteiger partial charge < -0.3 is 15.4 Å². The number of rotatable bonds is 1. The fourth-order valence-electron chi connectivity index (χ4n) is 2.34. The molecule has 0 bridgehead atoms. The second-order valence-electron chi connectivity index (χ2n) is 6.32. The normalized spacial score (nSPS) is 15.0. The van der Waals surface area contributed by atoms with Crippen LogP contribution in [0.5, 0.6) is 0 Å². The summed E-state index contributed by atoms with van der Waals surface area (Å²) >= 11 is 0. The first-order valence-corrected chi connectivity index (χ1v) is 7.27. The standard InChI is InChI=1S/C17H21N3O2/c1-17(2,3)22-16(21)20-8-6-12(7-9-20)15-5-4-14(19)10-13(15)11-18/h4-6,10H,7-9,19H2,1-3H3. The minimum Gasteiger partial charge on any atom is -0.444 e. The van der Waals surface area contributed by atoms with Crippen LogP contribution < -0.4 is 5.73 Å². The molecule has 0 saturated heterocycles. The van der Waals surface area contributed by atoms with Crippen molar-refractivity contribution in [3.8, 4) is 6.07 Å². The Labute approximate surface area is 131 Å². The van der Waals surface area contributed by atoms with E-state index < -0.39 is 5.60 Å². The van der Waals surface area contributed by atoms with Gasteiger partial charge in [-0.2, -0.15) is 5.26 Å². The molecule has 0 aromatic heterocycles. The molecule has 1 amide bonds. The number of ether oxygens (including phenoxy) is 1. The third kappa shape index (κ3) is 3.79. The zero-order chi connectivity index (χ0) is 16.3. The fourth-order valence-corrected chi connectivity index (χ4v) is 2.34. The Morgan fingerprint density at radius 1 is 1.41 bits per heavy atom. The van der Waals surface area contributed by atoms with Gasteiger partial charge in [0.2, 0.25) is 0 Å². The highest BCUT2D eigenvalue weighted by Gasteiger charge is 2.24. The van der Waals surface area contributed by atoms with Crippen LogP contribution in [0.2, 0.25) is 0 Å². The topological polar surface area (TPSA) is 79.3 Å². The Morgan fingerprint density at radius 3 is 2.68 bits per heavy atom. The summed E-state index contributed by atoms with van der Waals surface area (Å²) in [6.07, 6.45) is 2.36. The Morgan fingerprint density at radius 2 is 2.14 bits per heavy atom. The maximum atomic E-state index is 12.0. The van der Waals surface area contributed by atoms with Gasteiger partial charge in [0.15, 0.2) is 0 Å². The molecule has 1 aromatic carbocycles. The van der Waals surface area contributed by atoms with Crippen LogP contribution in [-0.4, -0.2) is 29.7 Å². The minimum atomic E-state index is -0.494. The van der Waals surface area contributed by atoms with E-state index in [1.54, 1.807) is 17.0 Å². The summed E-state index contributed by atoms with van der Waals surface area (Å²) in [5.74, 6) is 0. The van der Waals surface area contributed by atoms with E-state index in [0.717, 1.165) is 11.1 Å². The van der Waals surface area contributed by atoms with Gasteiger partial charge >= 0.3 is 6.09 Å². The monoisotopic (exact) mass is 299 g/mol. The van der Waals surface area contributed by atoms with Crippen LogP contribution >= 0.6 is 0 Å². The van der Waals surface area contributed by atoms with Crippen LogP contribution in [0, 0.1) is 11.3 Å². The van der Waals surface area contributed by atoms with E-state index in [0.29, 0.717) is 30.8 Å². The third-order valence-corrected chi connectivity index (χ3v) is 3.37. The lowest BCUT2D eigenvalue weighted by Crippen LogP contribution is -2.39. The van der Waals surface area contributed by atoms with Gasteiger partial charge in [-0.3, -0.25) is 0 Å². The maximum Gasteiger partial charge on any atom is 0.410 e. The van der Waals surface area contributed by atoms with Gasteiger partial charge in [-0.15, -0.1) is 0 Å². The minimum absolute atomic E-state index is 0.305. The molecular formula is C17H21N3O2. The van der Waals surface area contributed by atoms with Gasteiger partial charge in [0.25, 0.3) is 0 Å². The zero-order valence-corrected chi connectivity index (χ0v) is 13.2. The van der Waals surface area contributed by atoms with Crippen molar-refractivity contribution < 1.29 is 9.53 Å². The van der Waals surface area contributed by atoms with Crippen molar-refractivity contribution in [3.63, 3.8) is 0 Å². The van der Waals surface area contributed by atoms with Gasteiger partial charge in [-0.25, -0.2) is 4.79 Å². The number of hydrogen-bond donors (Lipinski definition) is 1. The number of carbonyl (C=O) groups excluding carboxylic acids is 1. The van der Waals surface area contributed by atoms with Crippen molar-refractivity contribution in [2.45, 2.75) is 32.8 Å². The lowest BCUT2D eigenvalue weighted by Gasteiger charge is -2.29. The van der Waals surface area contributed by atoms with Gasteiger partial charge in [0, 0.05) is 18.8 Å². The smallest absolute Gasteiger partial charge is 0.410 e. The maximum absolute atomic E-state index is 12.0. The van der Waals surface area contributed by atoms with E-state index in [4.69, 9.17) is 10.5 Å². The lowest BCUT2D eigenvalue weighted by molar-refractivity contribution is 0.0270. The molecule has 1 aromatic rings. The highest BCUT2D eigenvalue weighted by Crippen LogP contribution is 2.27. The number of hydrogen-bond acceptors (Lipinski definition) is 4. The number of nitrogens with zero attached hydrogens (tertiary/aromatic N) is 2. The predicted octanol–water partition coefficient (Wildman–Crippen LogP) is 3.16. The Balaban J connectivity index is 2.13. The summed E-state index contributed by atoms with van der Waals surface area (Å²) in [6.45, 7) is 6.62. The van der Waals surface area contributed by atoms with Crippen LogP contribution in [0.4, 0.5) is 10.5 Å². The van der Waals surface area contributed by atoms with Crippen molar-refractivity contribution >= 4 is 17.4 Å². The molecule has 0 saturated carbocycles. The van der Waals surface area contributed by atoms with Gasteiger partial charge in [-0.1, -0.05) is 12.1 Å². The Kier molecular flexibility index (Phi) is 4.41. The van der Waals surface area contributed by atoms with E-state index in [2.05, 4.69) is 6.07 Å². The van der Waals surface area contributed by atoms with Crippen LogP contribution in [-0.2, 0) is 4.74 Å². The second kappa shape index (κ2) is 6.10. The third-order valence-electron chi connectivity index (χ3n) is 3.37. The number of nitrogen functional groups attached to an aromatic ring is 1. The van der Waals surface area contributed by atoms with Crippen LogP contribution in [0.25, 0.3) is 5.57 Å². The zero-order valence-electron chi connectivity index (χ0n) is 13.2. The SMILES string of the molecule is CC(C)(C)OC(=O)N1CC=C(c2ccc(N)cc2C#N)CC1. The molecule has 2 N–H and O–H groups in total. The van der Waals surface area contributed by atoms with E-state index in [1.165, 1.54) is 0 Å². The largest absolute Gasteiger partial charge is 0.444 e. The summed E-state index contributed by atoms with van der Waals surface area (Å²) in [5.41, 5.74) is 8.32. The van der Waals surface area contributed by atoms with Crippen molar-refractivity contribution in [1.82, 2.24) is 4.90 Å². The molecule has 116 valence electrons. The second-order valence-corrected chi connectivity index (χ2v) is 6.32. The lowest BCUT2D eigenvalue weighted by atomic mass is 9.95. The first-order valence-electron chi connectivity index (χ1n) is 7.27. The molecular weight excluding hydrogens is 278 g/mol. The first kappa shape index (κ1) is 15.9. The number of benzene rings is 1. The molecule has 0 spiro atoms. The van der Waals surface area contributed by atoms with Crippen molar-refractivity contribution in [2.75, 3.05) is 18.8 Å². The molecule has 0 aliphatic carbocycles. The average molecular weight is 299 g/mol. The number of amides is 1. The van der Waals surface area contributed by atoms with E-state index in [9.17, 15) is 10.1 Å². The molecule has 5 heteroatoms. The summed E-state index contributed by atoms with van der Waals surface area (Å²) in [5, 5.41) is 9.22. The summed E-state index contributed by atoms with van der Waals surface area (Å²) < 4.78 is 5.37. The van der Waals surface area contributed by atoms with Gasteiger partial charge in [0.05, 0.1) is 11.6 Å². The number of nitriles is 1. The Bertz CT molecular complexity index is 651. The molecule has 5 nitrogen and oxygen atoms in total. The van der Waals surface area contributed by atoms with Crippen molar-refractivity contribution in [1.29, 1.82) is 5.26 Å². The van der Waals surface area contributed by atoms with Gasteiger partial charge in [0.1, 0.15) is 5.60 Å². The Hall–Kier alpha value is -2.48. The molecule has 1 aliphatic heterocycles. The quantitative estimate of drug-likeness (QED) is 0.808. The number of anilines is 1. The molecule has 0 fully saturated rings. The number of carbonyl (C=O) groups is 1. The first-order chi connectivity index (χ1) is 10.3. The summed E-state index contributed by atoms with van der Waals surface area (Å²) in [7, 11) is 0. The molecule has 2 rings (SSSR count). The molecule has 1 aliphatic rings. The van der Waals surface area contributed by atoms with Crippen LogP contribution in [0.15, 0.2) is 24.3 Å². The molecule has 0 radical (unpaired) electrons. The van der Waals surface area contributed by atoms with Gasteiger partial charge in [-0.05, 0) is 50.5 Å². The van der Waals surface area contributed by atoms with Crippen molar-refractivity contribution in [3.05, 3.63) is 35.4 Å². The molecule has 0 unspecified atom stereocenters. The van der Waals surface area contributed by atoms with Crippen molar-refractivity contribution in [2.24, 2.45) is 0 Å². The highest BCUT2D eigenvalue weighted by atomic mass is 16.6. The van der Waals surface area contributed by atoms with E-state index in [-0.39, 0.29) is 6.09 Å². The summed E-state index contributed by atoms with van der Waals surface area (Å²) in [4.78, 5) is 13.7. The fraction of sp³-hybridized carbons (Fsp3) is 0.412. The van der Waals surface area contributed by atoms with Crippen LogP contribution in [0.3, 0.4) is 0 Å². The number of nitrogens with two attached hydrogens (primary N) is 1. The summed E-state index contributed by atoms with van der Waals surface area (Å²) in [6, 6.07) is 7.50. The predicted molar refractivity (Wildman–Crippen MR) is 86.0 cm³/mol. The molecule has 1 heterocycles. The van der Waals surface area contributed by atoms with E-state index in [1.807, 2.05) is 32.9 Å². The average Bonchev–Trinajstić information content (AvgIpc) is 2.45. The molecule has 0 atom stereocenters. The highest BCUT2D eigenvalue weighted by molar-refractivity contribution is 5.76.